The van der Waals surface area contributed by atoms with E-state index in [-0.39, 0.29) is 0 Å². The van der Waals surface area contributed by atoms with Crippen molar-refractivity contribution in [2.75, 3.05) is 27.9 Å². The summed E-state index contributed by atoms with van der Waals surface area (Å²) >= 11 is 0. The zero-order valence-electron chi connectivity index (χ0n) is 17.6. The summed E-state index contributed by atoms with van der Waals surface area (Å²) in [5.74, 6) is 1.61. The average molecular weight is 410 g/mol. The predicted octanol–water partition coefficient (Wildman–Crippen LogP) is 3.90. The maximum Gasteiger partial charge on any atom is 0.245 e. The highest BCUT2D eigenvalue weighted by Crippen LogP contribution is 2.39. The summed E-state index contributed by atoms with van der Waals surface area (Å²) in [7, 11) is 4.47. The largest absolute Gasteiger partial charge is 0.494 e. The molecule has 0 aromatic heterocycles. The van der Waals surface area contributed by atoms with E-state index < -0.39 is 11.9 Å². The van der Waals surface area contributed by atoms with E-state index in [1.54, 1.807) is 18.2 Å². The SMILES string of the molecule is CCCOc1ccc(/C=C/C(=O)NC(C#N)c2cc(OC)c(OC)c(OC)c2)cc1. The highest BCUT2D eigenvalue weighted by molar-refractivity contribution is 5.92. The Kier molecular flexibility index (Phi) is 8.57. The Bertz CT molecular complexity index is 891. The molecule has 0 heterocycles. The van der Waals surface area contributed by atoms with Gasteiger partial charge in [0, 0.05) is 6.08 Å². The third kappa shape index (κ3) is 5.92. The van der Waals surface area contributed by atoms with Gasteiger partial charge in [-0.05, 0) is 47.9 Å². The molecule has 7 heteroatoms. The number of ether oxygens (including phenoxy) is 4. The number of carbonyl (C=O) groups is 1. The minimum absolute atomic E-state index is 0.401. The van der Waals surface area contributed by atoms with Gasteiger partial charge in [-0.1, -0.05) is 19.1 Å². The fourth-order valence-corrected chi connectivity index (χ4v) is 2.72. The van der Waals surface area contributed by atoms with Crippen molar-refractivity contribution < 1.29 is 23.7 Å². The van der Waals surface area contributed by atoms with E-state index >= 15 is 0 Å². The minimum atomic E-state index is -0.888. The maximum absolute atomic E-state index is 12.3. The molecule has 0 bridgehead atoms. The molecule has 1 N–H and O–H groups in total. The van der Waals surface area contributed by atoms with E-state index in [0.717, 1.165) is 17.7 Å². The van der Waals surface area contributed by atoms with Crippen molar-refractivity contribution in [3.05, 3.63) is 53.6 Å². The number of hydrogen-bond acceptors (Lipinski definition) is 6. The lowest BCUT2D eigenvalue weighted by molar-refractivity contribution is -0.116. The van der Waals surface area contributed by atoms with Gasteiger partial charge >= 0.3 is 0 Å². The van der Waals surface area contributed by atoms with Crippen LogP contribution in [0.15, 0.2) is 42.5 Å². The first-order valence-corrected chi connectivity index (χ1v) is 9.47. The van der Waals surface area contributed by atoms with Gasteiger partial charge in [0.25, 0.3) is 0 Å². The number of methoxy groups -OCH3 is 3. The van der Waals surface area contributed by atoms with E-state index in [2.05, 4.69) is 11.4 Å². The van der Waals surface area contributed by atoms with E-state index in [1.165, 1.54) is 27.4 Å². The minimum Gasteiger partial charge on any atom is -0.494 e. The monoisotopic (exact) mass is 410 g/mol. The molecule has 0 spiro atoms. The molecule has 1 atom stereocenters. The second-order valence-corrected chi connectivity index (χ2v) is 6.28. The lowest BCUT2D eigenvalue weighted by Gasteiger charge is -2.17. The van der Waals surface area contributed by atoms with Crippen molar-refractivity contribution in [3.63, 3.8) is 0 Å². The van der Waals surface area contributed by atoms with Crippen LogP contribution >= 0.6 is 0 Å². The molecule has 0 saturated carbocycles. The fourth-order valence-electron chi connectivity index (χ4n) is 2.72. The van der Waals surface area contributed by atoms with Gasteiger partial charge < -0.3 is 24.3 Å². The van der Waals surface area contributed by atoms with Gasteiger partial charge in [-0.2, -0.15) is 5.26 Å². The zero-order valence-corrected chi connectivity index (χ0v) is 17.6. The number of rotatable bonds is 10. The summed E-state index contributed by atoms with van der Waals surface area (Å²) in [6.45, 7) is 2.70. The second-order valence-electron chi connectivity index (χ2n) is 6.28. The molecule has 30 heavy (non-hydrogen) atoms. The van der Waals surface area contributed by atoms with Crippen molar-refractivity contribution in [1.82, 2.24) is 5.32 Å². The molecule has 158 valence electrons. The smallest absolute Gasteiger partial charge is 0.245 e. The first-order chi connectivity index (χ1) is 14.6. The van der Waals surface area contributed by atoms with Gasteiger partial charge in [-0.15, -0.1) is 0 Å². The molecule has 2 aromatic carbocycles. The van der Waals surface area contributed by atoms with Gasteiger partial charge in [-0.3, -0.25) is 4.79 Å². The Morgan fingerprint density at radius 3 is 2.23 bits per heavy atom. The molecule has 2 aromatic rings. The number of hydrogen-bond donors (Lipinski definition) is 1. The van der Waals surface area contributed by atoms with Crippen molar-refractivity contribution in [2.24, 2.45) is 0 Å². The topological polar surface area (TPSA) is 89.8 Å². The molecule has 2 rings (SSSR count). The molecule has 1 unspecified atom stereocenters. The van der Waals surface area contributed by atoms with E-state index in [4.69, 9.17) is 18.9 Å². The summed E-state index contributed by atoms with van der Waals surface area (Å²) in [4.78, 5) is 12.3. The zero-order chi connectivity index (χ0) is 21.9. The first kappa shape index (κ1) is 22.6. The van der Waals surface area contributed by atoms with Crippen LogP contribution in [-0.2, 0) is 4.79 Å². The average Bonchev–Trinajstić information content (AvgIpc) is 2.79. The molecule has 0 radical (unpaired) electrons. The van der Waals surface area contributed by atoms with Crippen molar-refractivity contribution in [1.29, 1.82) is 5.26 Å². The van der Waals surface area contributed by atoms with Gasteiger partial charge in [0.2, 0.25) is 11.7 Å². The highest BCUT2D eigenvalue weighted by Gasteiger charge is 2.19. The van der Waals surface area contributed by atoms with Crippen LogP contribution in [0.25, 0.3) is 6.08 Å². The van der Waals surface area contributed by atoms with E-state index in [0.29, 0.717) is 29.4 Å². The van der Waals surface area contributed by atoms with Crippen molar-refractivity contribution in [3.8, 4) is 29.1 Å². The number of nitrogens with zero attached hydrogens (tertiary/aromatic N) is 1. The first-order valence-electron chi connectivity index (χ1n) is 9.47. The van der Waals surface area contributed by atoms with Gasteiger partial charge in [-0.25, -0.2) is 0 Å². The normalized spacial score (nSPS) is 11.4. The van der Waals surface area contributed by atoms with Crippen LogP contribution in [0.5, 0.6) is 23.0 Å². The summed E-state index contributed by atoms with van der Waals surface area (Å²) in [6.07, 6.45) is 3.99. The van der Waals surface area contributed by atoms with Crippen LogP contribution in [0, 0.1) is 11.3 Å². The Labute approximate surface area is 176 Å². The van der Waals surface area contributed by atoms with Crippen LogP contribution in [0.1, 0.15) is 30.5 Å². The Morgan fingerprint density at radius 1 is 1.10 bits per heavy atom. The van der Waals surface area contributed by atoms with Gasteiger partial charge in [0.05, 0.1) is 34.0 Å². The Balaban J connectivity index is 2.11. The molecule has 0 aliphatic heterocycles. The van der Waals surface area contributed by atoms with E-state index in [9.17, 15) is 10.1 Å². The molecule has 0 aliphatic carbocycles. The molecule has 0 saturated heterocycles. The van der Waals surface area contributed by atoms with Crippen LogP contribution in [0.3, 0.4) is 0 Å². The van der Waals surface area contributed by atoms with Gasteiger partial charge in [0.1, 0.15) is 11.8 Å². The van der Waals surface area contributed by atoms with E-state index in [1.807, 2.05) is 31.2 Å². The summed E-state index contributed by atoms with van der Waals surface area (Å²) in [5, 5.41) is 12.2. The molecular formula is C23H26N2O5. The summed E-state index contributed by atoms with van der Waals surface area (Å²) < 4.78 is 21.4. The van der Waals surface area contributed by atoms with Crippen molar-refractivity contribution in [2.45, 2.75) is 19.4 Å². The standard InChI is InChI=1S/C23H26N2O5/c1-5-12-30-18-9-6-16(7-10-18)8-11-22(26)25-19(15-24)17-13-20(27-2)23(29-4)21(14-17)28-3/h6-11,13-14,19H,5,12H2,1-4H3,(H,25,26)/b11-8+. The van der Waals surface area contributed by atoms with Crippen LogP contribution in [0.4, 0.5) is 0 Å². The number of amides is 1. The third-order valence-corrected chi connectivity index (χ3v) is 4.22. The second kappa shape index (κ2) is 11.4. The molecule has 7 nitrogen and oxygen atoms in total. The van der Waals surface area contributed by atoms with Crippen LogP contribution in [-0.4, -0.2) is 33.8 Å². The molecular weight excluding hydrogens is 384 g/mol. The predicted molar refractivity (Wildman–Crippen MR) is 114 cm³/mol. The maximum atomic E-state index is 12.3. The number of nitrogens with one attached hydrogen (secondary N) is 1. The number of carbonyl (C=O) groups excluding carboxylic acids is 1. The van der Waals surface area contributed by atoms with Crippen molar-refractivity contribution >= 4 is 12.0 Å². The lowest BCUT2D eigenvalue weighted by Crippen LogP contribution is -2.25. The van der Waals surface area contributed by atoms with Gasteiger partial charge in [0.15, 0.2) is 11.5 Å². The number of benzene rings is 2. The van der Waals surface area contributed by atoms with Crippen LogP contribution in [0.2, 0.25) is 0 Å². The molecule has 1 amide bonds. The van der Waals surface area contributed by atoms with Crippen LogP contribution < -0.4 is 24.3 Å². The summed E-state index contributed by atoms with van der Waals surface area (Å²) in [6, 6.07) is 11.9. The fraction of sp³-hybridized carbons (Fsp3) is 0.304. The highest BCUT2D eigenvalue weighted by atomic mass is 16.5. The lowest BCUT2D eigenvalue weighted by atomic mass is 10.1. The Morgan fingerprint density at radius 2 is 1.73 bits per heavy atom. The summed E-state index contributed by atoms with van der Waals surface area (Å²) in [5.41, 5.74) is 1.36. The number of nitriles is 1. The quantitative estimate of drug-likeness (QED) is 0.598. The molecule has 0 fully saturated rings. The third-order valence-electron chi connectivity index (χ3n) is 4.22. The Hall–Kier alpha value is -3.66. The molecule has 0 aliphatic rings.